The van der Waals surface area contributed by atoms with Gasteiger partial charge < -0.3 is 10.1 Å². The summed E-state index contributed by atoms with van der Waals surface area (Å²) in [5.74, 6) is 0.221. The average molecular weight is 359 g/mol. The Kier molecular flexibility index (Phi) is 5.22. The minimum atomic E-state index is -1.09. The van der Waals surface area contributed by atoms with E-state index in [1.807, 2.05) is 0 Å². The van der Waals surface area contributed by atoms with Gasteiger partial charge in [0.15, 0.2) is 5.60 Å². The number of carbonyl (C=O) groups is 1. The summed E-state index contributed by atoms with van der Waals surface area (Å²) in [6.07, 6.45) is 0. The van der Waals surface area contributed by atoms with E-state index in [9.17, 15) is 4.79 Å². The van der Waals surface area contributed by atoms with Gasteiger partial charge in [-0.3, -0.25) is 4.79 Å². The average Bonchev–Trinajstić information content (AvgIpc) is 2.44. The first-order valence-electron chi connectivity index (χ1n) is 6.49. The maximum atomic E-state index is 12.4. The van der Waals surface area contributed by atoms with Crippen molar-refractivity contribution in [1.29, 1.82) is 0 Å². The smallest absolute Gasteiger partial charge is 0.268 e. The van der Waals surface area contributed by atoms with Crippen molar-refractivity contribution >= 4 is 46.4 Å². The molecule has 116 valence electrons. The van der Waals surface area contributed by atoms with E-state index in [-0.39, 0.29) is 5.91 Å². The van der Waals surface area contributed by atoms with E-state index in [4.69, 9.17) is 39.5 Å². The molecular weight excluding hydrogens is 345 g/mol. The van der Waals surface area contributed by atoms with Crippen molar-refractivity contribution < 1.29 is 9.53 Å². The lowest BCUT2D eigenvalue weighted by Crippen LogP contribution is -2.42. The molecule has 3 nitrogen and oxygen atoms in total. The van der Waals surface area contributed by atoms with Crippen LogP contribution in [0.5, 0.6) is 5.75 Å². The van der Waals surface area contributed by atoms with Crippen LogP contribution in [-0.4, -0.2) is 11.5 Å². The predicted octanol–water partition coefficient (Wildman–Crippen LogP) is 5.44. The van der Waals surface area contributed by atoms with E-state index >= 15 is 0 Å². The summed E-state index contributed by atoms with van der Waals surface area (Å²) in [5, 5.41) is 4.19. The second-order valence-electron chi connectivity index (χ2n) is 5.14. The lowest BCUT2D eigenvalue weighted by Gasteiger charge is -2.25. The molecule has 2 aromatic carbocycles. The molecule has 2 aromatic rings. The molecule has 0 saturated carbocycles. The quantitative estimate of drug-likeness (QED) is 0.790. The number of ether oxygens (including phenoxy) is 1. The summed E-state index contributed by atoms with van der Waals surface area (Å²) in [6.45, 7) is 3.33. The molecule has 2 rings (SSSR count). The van der Waals surface area contributed by atoms with Crippen molar-refractivity contribution in [2.45, 2.75) is 19.4 Å². The zero-order valence-electron chi connectivity index (χ0n) is 12.0. The summed E-state index contributed by atoms with van der Waals surface area (Å²) in [7, 11) is 0. The Bertz CT molecular complexity index is 684. The maximum Gasteiger partial charge on any atom is 0.268 e. The molecule has 0 radical (unpaired) electrons. The van der Waals surface area contributed by atoms with Gasteiger partial charge in [-0.15, -0.1) is 0 Å². The highest BCUT2D eigenvalue weighted by Gasteiger charge is 2.30. The number of hydrogen-bond acceptors (Lipinski definition) is 2. The van der Waals surface area contributed by atoms with Crippen molar-refractivity contribution in [3.05, 3.63) is 57.5 Å². The van der Waals surface area contributed by atoms with Crippen LogP contribution in [-0.2, 0) is 4.79 Å². The van der Waals surface area contributed by atoms with Crippen LogP contribution in [0, 0.1) is 0 Å². The predicted molar refractivity (Wildman–Crippen MR) is 91.3 cm³/mol. The summed E-state index contributed by atoms with van der Waals surface area (Å²) < 4.78 is 5.71. The summed E-state index contributed by atoms with van der Waals surface area (Å²) in [5.41, 5.74) is -0.611. The highest BCUT2D eigenvalue weighted by atomic mass is 35.5. The van der Waals surface area contributed by atoms with Crippen LogP contribution in [0.25, 0.3) is 0 Å². The number of hydrogen-bond donors (Lipinski definition) is 1. The van der Waals surface area contributed by atoms with E-state index in [2.05, 4.69) is 5.32 Å². The molecule has 0 aliphatic rings. The van der Waals surface area contributed by atoms with E-state index < -0.39 is 5.60 Å². The number of nitrogens with one attached hydrogen (secondary N) is 1. The molecule has 1 amide bonds. The Morgan fingerprint density at radius 1 is 1.00 bits per heavy atom. The third kappa shape index (κ3) is 4.29. The first-order chi connectivity index (χ1) is 10.3. The fourth-order valence-corrected chi connectivity index (χ4v) is 2.29. The minimum absolute atomic E-state index is 0.327. The van der Waals surface area contributed by atoms with Crippen LogP contribution >= 0.6 is 34.8 Å². The van der Waals surface area contributed by atoms with Gasteiger partial charge in [0.25, 0.3) is 5.91 Å². The van der Waals surface area contributed by atoms with Gasteiger partial charge in [0.05, 0.1) is 10.7 Å². The molecule has 0 saturated heterocycles. The number of amides is 1. The Morgan fingerprint density at radius 3 is 2.18 bits per heavy atom. The largest absolute Gasteiger partial charge is 0.478 e. The Hall–Kier alpha value is -1.42. The second-order valence-corrected chi connectivity index (χ2v) is 6.42. The first kappa shape index (κ1) is 16.9. The monoisotopic (exact) mass is 357 g/mol. The molecule has 0 aliphatic carbocycles. The summed E-state index contributed by atoms with van der Waals surface area (Å²) in [4.78, 5) is 12.4. The van der Waals surface area contributed by atoms with Crippen LogP contribution in [0.3, 0.4) is 0 Å². The molecule has 1 N–H and O–H groups in total. The zero-order chi connectivity index (χ0) is 16.3. The highest BCUT2D eigenvalue weighted by Crippen LogP contribution is 2.27. The van der Waals surface area contributed by atoms with Crippen LogP contribution in [0.1, 0.15) is 13.8 Å². The lowest BCUT2D eigenvalue weighted by molar-refractivity contribution is -0.128. The van der Waals surface area contributed by atoms with Crippen LogP contribution in [0.4, 0.5) is 5.69 Å². The summed E-state index contributed by atoms with van der Waals surface area (Å²) >= 11 is 17.7. The topological polar surface area (TPSA) is 38.3 Å². The Labute approximate surface area is 144 Å². The summed E-state index contributed by atoms with van der Waals surface area (Å²) in [6, 6.07) is 11.6. The van der Waals surface area contributed by atoms with Crippen LogP contribution in [0.15, 0.2) is 42.5 Å². The molecule has 0 aliphatic heterocycles. The van der Waals surface area contributed by atoms with Crippen molar-refractivity contribution in [2.75, 3.05) is 5.32 Å². The van der Waals surface area contributed by atoms with E-state index in [1.165, 1.54) is 0 Å². The molecule has 0 atom stereocenters. The van der Waals surface area contributed by atoms with Gasteiger partial charge in [-0.1, -0.05) is 34.8 Å². The molecule has 6 heteroatoms. The number of halogens is 3. The SMILES string of the molecule is CC(C)(Oc1ccc(Cl)cc1)C(=O)Nc1ccc(Cl)cc1Cl. The van der Waals surface area contributed by atoms with E-state index in [0.29, 0.717) is 26.5 Å². The van der Waals surface area contributed by atoms with Gasteiger partial charge in [0.2, 0.25) is 0 Å². The third-order valence-corrected chi connectivity index (χ3v) is 3.71. The van der Waals surface area contributed by atoms with E-state index in [1.54, 1.807) is 56.3 Å². The van der Waals surface area contributed by atoms with E-state index in [0.717, 1.165) is 0 Å². The van der Waals surface area contributed by atoms with Gasteiger partial charge >= 0.3 is 0 Å². The fraction of sp³-hybridized carbons (Fsp3) is 0.188. The number of rotatable bonds is 4. The molecule has 0 heterocycles. The Balaban J connectivity index is 2.11. The standard InChI is InChI=1S/C16H14Cl3NO2/c1-16(2,22-12-6-3-10(17)4-7-12)15(21)20-14-8-5-11(18)9-13(14)19/h3-9H,1-2H3,(H,20,21). The van der Waals surface area contributed by atoms with Crippen molar-refractivity contribution in [2.24, 2.45) is 0 Å². The minimum Gasteiger partial charge on any atom is -0.478 e. The maximum absolute atomic E-state index is 12.4. The molecule has 0 fully saturated rings. The molecule has 0 aromatic heterocycles. The molecular formula is C16H14Cl3NO2. The third-order valence-electron chi connectivity index (χ3n) is 2.91. The first-order valence-corrected chi connectivity index (χ1v) is 7.62. The molecule has 22 heavy (non-hydrogen) atoms. The number of carbonyl (C=O) groups excluding carboxylic acids is 1. The number of anilines is 1. The molecule has 0 unspecified atom stereocenters. The normalized spacial score (nSPS) is 11.1. The second kappa shape index (κ2) is 6.78. The van der Waals surface area contributed by atoms with Gasteiger partial charge in [-0.25, -0.2) is 0 Å². The lowest BCUT2D eigenvalue weighted by atomic mass is 10.1. The van der Waals surface area contributed by atoms with Crippen molar-refractivity contribution in [3.8, 4) is 5.75 Å². The van der Waals surface area contributed by atoms with Crippen LogP contribution in [0.2, 0.25) is 15.1 Å². The van der Waals surface area contributed by atoms with Gasteiger partial charge in [0, 0.05) is 10.0 Å². The fourth-order valence-electron chi connectivity index (χ4n) is 1.71. The Morgan fingerprint density at radius 2 is 1.59 bits per heavy atom. The molecule has 0 bridgehead atoms. The van der Waals surface area contributed by atoms with Gasteiger partial charge in [0.1, 0.15) is 5.75 Å². The van der Waals surface area contributed by atoms with Crippen LogP contribution < -0.4 is 10.1 Å². The van der Waals surface area contributed by atoms with Crippen molar-refractivity contribution in [1.82, 2.24) is 0 Å². The van der Waals surface area contributed by atoms with Gasteiger partial charge in [-0.05, 0) is 56.3 Å². The molecule has 0 spiro atoms. The van der Waals surface area contributed by atoms with Crippen molar-refractivity contribution in [3.63, 3.8) is 0 Å². The number of benzene rings is 2. The highest BCUT2D eigenvalue weighted by molar-refractivity contribution is 6.36. The zero-order valence-corrected chi connectivity index (χ0v) is 14.3. The van der Waals surface area contributed by atoms with Gasteiger partial charge in [-0.2, -0.15) is 0 Å².